The highest BCUT2D eigenvalue weighted by Gasteiger charge is 2.10. The van der Waals surface area contributed by atoms with Crippen LogP contribution in [0.15, 0.2) is 30.6 Å². The highest BCUT2D eigenvalue weighted by molar-refractivity contribution is 6.02. The van der Waals surface area contributed by atoms with Crippen molar-refractivity contribution in [1.29, 1.82) is 0 Å². The van der Waals surface area contributed by atoms with Crippen molar-refractivity contribution >= 4 is 17.6 Å². The number of methoxy groups -OCH3 is 1. The molecule has 0 fully saturated rings. The summed E-state index contributed by atoms with van der Waals surface area (Å²) in [7, 11) is 1.27. The normalized spacial score (nSPS) is 10.1. The molecule has 104 valence electrons. The highest BCUT2D eigenvalue weighted by atomic mass is 19.1. The number of anilines is 1. The third kappa shape index (κ3) is 3.37. The van der Waals surface area contributed by atoms with E-state index in [0.29, 0.717) is 5.69 Å². The molecule has 0 atom stereocenters. The van der Waals surface area contributed by atoms with Gasteiger partial charge in [-0.3, -0.25) is 14.3 Å². The molecule has 0 aliphatic rings. The van der Waals surface area contributed by atoms with Crippen LogP contribution in [0.4, 0.5) is 10.1 Å². The SMILES string of the molecule is COC(=O)Cn1cc(NC(=O)c2cccc(F)n2)cn1. The molecule has 0 aromatic carbocycles. The van der Waals surface area contributed by atoms with Crippen molar-refractivity contribution in [3.8, 4) is 0 Å². The molecule has 2 heterocycles. The molecule has 0 saturated carbocycles. The number of aromatic nitrogens is 3. The number of carbonyl (C=O) groups excluding carboxylic acids is 2. The fraction of sp³-hybridized carbons (Fsp3) is 0.167. The Kier molecular flexibility index (Phi) is 4.04. The molecule has 0 bridgehead atoms. The maximum atomic E-state index is 12.9. The average Bonchev–Trinajstić information content (AvgIpc) is 2.85. The van der Waals surface area contributed by atoms with Gasteiger partial charge in [0, 0.05) is 6.20 Å². The number of ether oxygens (including phenoxy) is 1. The van der Waals surface area contributed by atoms with Gasteiger partial charge in [0.25, 0.3) is 5.91 Å². The Bertz CT molecular complexity index is 641. The van der Waals surface area contributed by atoms with Gasteiger partial charge < -0.3 is 10.1 Å². The van der Waals surface area contributed by atoms with E-state index in [1.54, 1.807) is 0 Å². The van der Waals surface area contributed by atoms with Gasteiger partial charge in [0.15, 0.2) is 0 Å². The number of nitrogens with zero attached hydrogens (tertiary/aromatic N) is 3. The lowest BCUT2D eigenvalue weighted by molar-refractivity contribution is -0.141. The summed E-state index contributed by atoms with van der Waals surface area (Å²) in [5, 5.41) is 6.37. The lowest BCUT2D eigenvalue weighted by Gasteiger charge is -2.01. The summed E-state index contributed by atoms with van der Waals surface area (Å²) in [6, 6.07) is 3.92. The summed E-state index contributed by atoms with van der Waals surface area (Å²) >= 11 is 0. The first-order valence-electron chi connectivity index (χ1n) is 5.61. The van der Waals surface area contributed by atoms with E-state index in [9.17, 15) is 14.0 Å². The standard InChI is InChI=1S/C12H11FN4O3/c1-20-11(18)7-17-6-8(5-14-17)15-12(19)9-3-2-4-10(13)16-9/h2-6H,7H2,1H3,(H,15,19). The van der Waals surface area contributed by atoms with E-state index < -0.39 is 17.8 Å². The third-order valence-corrected chi connectivity index (χ3v) is 2.36. The van der Waals surface area contributed by atoms with E-state index in [-0.39, 0.29) is 12.2 Å². The van der Waals surface area contributed by atoms with Gasteiger partial charge in [-0.25, -0.2) is 4.98 Å². The van der Waals surface area contributed by atoms with Gasteiger partial charge in [-0.05, 0) is 12.1 Å². The van der Waals surface area contributed by atoms with Crippen molar-refractivity contribution in [2.75, 3.05) is 12.4 Å². The highest BCUT2D eigenvalue weighted by Crippen LogP contribution is 2.07. The maximum Gasteiger partial charge on any atom is 0.327 e. The second kappa shape index (κ2) is 5.91. The molecule has 2 aromatic rings. The number of hydrogen-bond donors (Lipinski definition) is 1. The van der Waals surface area contributed by atoms with E-state index in [0.717, 1.165) is 6.07 Å². The van der Waals surface area contributed by atoms with Crippen LogP contribution in [-0.4, -0.2) is 33.8 Å². The smallest absolute Gasteiger partial charge is 0.327 e. The quantitative estimate of drug-likeness (QED) is 0.661. The minimum absolute atomic E-state index is 0.0503. The Morgan fingerprint density at radius 2 is 2.25 bits per heavy atom. The maximum absolute atomic E-state index is 12.9. The molecular formula is C12H11FN4O3. The van der Waals surface area contributed by atoms with Crippen LogP contribution >= 0.6 is 0 Å². The molecule has 8 heteroatoms. The van der Waals surface area contributed by atoms with Gasteiger partial charge in [0.2, 0.25) is 5.95 Å². The number of rotatable bonds is 4. The van der Waals surface area contributed by atoms with E-state index in [4.69, 9.17) is 0 Å². The average molecular weight is 278 g/mol. The van der Waals surface area contributed by atoms with Gasteiger partial charge in [0.05, 0.1) is 19.0 Å². The van der Waals surface area contributed by atoms with Gasteiger partial charge in [-0.2, -0.15) is 9.49 Å². The van der Waals surface area contributed by atoms with Crippen molar-refractivity contribution in [1.82, 2.24) is 14.8 Å². The number of amides is 1. The zero-order chi connectivity index (χ0) is 14.5. The van der Waals surface area contributed by atoms with Crippen LogP contribution in [0, 0.1) is 5.95 Å². The monoisotopic (exact) mass is 278 g/mol. The second-order valence-electron chi connectivity index (χ2n) is 3.80. The molecule has 0 aliphatic carbocycles. The molecule has 0 radical (unpaired) electrons. The molecule has 1 amide bonds. The van der Waals surface area contributed by atoms with Crippen LogP contribution in [0.3, 0.4) is 0 Å². The molecule has 0 spiro atoms. The van der Waals surface area contributed by atoms with E-state index in [2.05, 4.69) is 20.1 Å². The van der Waals surface area contributed by atoms with E-state index in [1.165, 1.54) is 36.3 Å². The van der Waals surface area contributed by atoms with Crippen LogP contribution in [0.2, 0.25) is 0 Å². The zero-order valence-electron chi connectivity index (χ0n) is 10.5. The molecule has 0 unspecified atom stereocenters. The van der Waals surface area contributed by atoms with Crippen LogP contribution in [0.5, 0.6) is 0 Å². The van der Waals surface area contributed by atoms with Crippen LogP contribution in [0.1, 0.15) is 10.5 Å². The molecular weight excluding hydrogens is 267 g/mol. The van der Waals surface area contributed by atoms with Crippen molar-refractivity contribution in [2.45, 2.75) is 6.54 Å². The van der Waals surface area contributed by atoms with Gasteiger partial charge in [0.1, 0.15) is 12.2 Å². The number of esters is 1. The number of pyridine rings is 1. The Labute approximate surface area is 113 Å². The molecule has 2 aromatic heterocycles. The summed E-state index contributed by atoms with van der Waals surface area (Å²) in [5.74, 6) is -1.76. The van der Waals surface area contributed by atoms with Gasteiger partial charge in [-0.15, -0.1) is 0 Å². The fourth-order valence-corrected chi connectivity index (χ4v) is 1.44. The van der Waals surface area contributed by atoms with E-state index in [1.807, 2.05) is 0 Å². The summed E-state index contributed by atoms with van der Waals surface area (Å²) in [4.78, 5) is 26.3. The predicted octanol–water partition coefficient (Wildman–Crippen LogP) is 0.843. The minimum atomic E-state index is -0.737. The summed E-state index contributed by atoms with van der Waals surface area (Å²) in [6.45, 7) is -0.0649. The number of halogens is 1. The lowest BCUT2D eigenvalue weighted by Crippen LogP contribution is -2.14. The Hall–Kier alpha value is -2.77. The van der Waals surface area contributed by atoms with Crippen molar-refractivity contribution in [3.05, 3.63) is 42.2 Å². The van der Waals surface area contributed by atoms with E-state index >= 15 is 0 Å². The Morgan fingerprint density at radius 1 is 1.45 bits per heavy atom. The summed E-state index contributed by atoms with van der Waals surface area (Å²) in [5.41, 5.74) is 0.315. The first kappa shape index (κ1) is 13.7. The Balaban J connectivity index is 2.03. The molecule has 7 nitrogen and oxygen atoms in total. The van der Waals surface area contributed by atoms with Crippen LogP contribution < -0.4 is 5.32 Å². The number of carbonyl (C=O) groups is 2. The fourth-order valence-electron chi connectivity index (χ4n) is 1.44. The molecule has 1 N–H and O–H groups in total. The van der Waals surface area contributed by atoms with Crippen LogP contribution in [0.25, 0.3) is 0 Å². The summed E-state index contributed by atoms with van der Waals surface area (Å²) < 4.78 is 18.7. The summed E-state index contributed by atoms with van der Waals surface area (Å²) in [6.07, 6.45) is 2.81. The lowest BCUT2D eigenvalue weighted by atomic mass is 10.3. The van der Waals surface area contributed by atoms with Crippen LogP contribution in [-0.2, 0) is 16.1 Å². The first-order valence-corrected chi connectivity index (χ1v) is 5.61. The van der Waals surface area contributed by atoms with Gasteiger partial charge >= 0.3 is 5.97 Å². The van der Waals surface area contributed by atoms with Crippen molar-refractivity contribution in [3.63, 3.8) is 0 Å². The number of hydrogen-bond acceptors (Lipinski definition) is 5. The van der Waals surface area contributed by atoms with Crippen molar-refractivity contribution < 1.29 is 18.7 Å². The predicted molar refractivity (Wildman–Crippen MR) is 66.4 cm³/mol. The number of nitrogens with one attached hydrogen (secondary N) is 1. The first-order chi connectivity index (χ1) is 9.58. The topological polar surface area (TPSA) is 86.1 Å². The second-order valence-corrected chi connectivity index (χ2v) is 3.80. The molecule has 0 saturated heterocycles. The van der Waals surface area contributed by atoms with Gasteiger partial charge in [-0.1, -0.05) is 6.07 Å². The Morgan fingerprint density at radius 3 is 2.95 bits per heavy atom. The molecule has 20 heavy (non-hydrogen) atoms. The molecule has 2 rings (SSSR count). The minimum Gasteiger partial charge on any atom is -0.468 e. The van der Waals surface area contributed by atoms with Crippen molar-refractivity contribution in [2.24, 2.45) is 0 Å². The zero-order valence-corrected chi connectivity index (χ0v) is 10.5. The molecule has 0 aliphatic heterocycles. The third-order valence-electron chi connectivity index (χ3n) is 2.36. The largest absolute Gasteiger partial charge is 0.468 e.